The molecule has 0 aliphatic carbocycles. The van der Waals surface area contributed by atoms with Crippen molar-refractivity contribution in [1.82, 2.24) is 10.2 Å². The molecule has 2 rings (SSSR count). The van der Waals surface area contributed by atoms with Crippen LogP contribution in [0.1, 0.15) is 44.5 Å². The van der Waals surface area contributed by atoms with E-state index in [4.69, 9.17) is 0 Å². The van der Waals surface area contributed by atoms with Gasteiger partial charge in [-0.3, -0.25) is 9.69 Å². The Morgan fingerprint density at radius 1 is 1.12 bits per heavy atom. The second-order valence-corrected chi connectivity index (χ2v) is 7.33. The van der Waals surface area contributed by atoms with Gasteiger partial charge in [0.1, 0.15) is 0 Å². The second-order valence-electron chi connectivity index (χ2n) is 7.33. The van der Waals surface area contributed by atoms with Crippen molar-refractivity contribution in [3.63, 3.8) is 0 Å². The van der Waals surface area contributed by atoms with E-state index in [0.717, 1.165) is 32.6 Å². The quantitative estimate of drug-likeness (QED) is 0.795. The number of hydrogen-bond acceptors (Lipinski definition) is 4. The lowest BCUT2D eigenvalue weighted by Gasteiger charge is -2.38. The number of amides is 1. The highest BCUT2D eigenvalue weighted by molar-refractivity contribution is 5.94. The molecule has 1 heterocycles. The SMILES string of the molecule is CCC(C)C(O)CNC(=O)c1ccc(N2CCN(C(C)C)CC2)cc1. The van der Waals surface area contributed by atoms with Gasteiger partial charge in [0, 0.05) is 50.0 Å². The smallest absolute Gasteiger partial charge is 0.251 e. The summed E-state index contributed by atoms with van der Waals surface area (Å²) >= 11 is 0. The maximum atomic E-state index is 12.2. The van der Waals surface area contributed by atoms with Gasteiger partial charge in [-0.05, 0) is 44.0 Å². The molecule has 5 heteroatoms. The maximum absolute atomic E-state index is 12.2. The molecule has 0 bridgehead atoms. The topological polar surface area (TPSA) is 55.8 Å². The second kappa shape index (κ2) is 9.20. The lowest BCUT2D eigenvalue weighted by Crippen LogP contribution is -2.48. The standard InChI is InChI=1S/C20H33N3O2/c1-5-16(4)19(24)14-21-20(25)17-6-8-18(9-7-17)23-12-10-22(11-13-23)15(2)3/h6-9,15-16,19,24H,5,10-14H2,1-4H3,(H,21,25). The van der Waals surface area contributed by atoms with Crippen LogP contribution in [0.4, 0.5) is 5.69 Å². The van der Waals surface area contributed by atoms with E-state index in [1.54, 1.807) is 0 Å². The molecule has 5 nitrogen and oxygen atoms in total. The van der Waals surface area contributed by atoms with Crippen molar-refractivity contribution in [2.75, 3.05) is 37.6 Å². The van der Waals surface area contributed by atoms with Crippen LogP contribution in [-0.4, -0.2) is 60.8 Å². The third-order valence-corrected chi connectivity index (χ3v) is 5.31. The number of aliphatic hydroxyl groups excluding tert-OH is 1. The van der Waals surface area contributed by atoms with Crippen LogP contribution in [0.2, 0.25) is 0 Å². The van der Waals surface area contributed by atoms with Gasteiger partial charge < -0.3 is 15.3 Å². The van der Waals surface area contributed by atoms with Gasteiger partial charge >= 0.3 is 0 Å². The number of aliphatic hydroxyl groups is 1. The fourth-order valence-corrected chi connectivity index (χ4v) is 3.09. The summed E-state index contributed by atoms with van der Waals surface area (Å²) in [5, 5.41) is 12.8. The third kappa shape index (κ3) is 5.44. The highest BCUT2D eigenvalue weighted by Crippen LogP contribution is 2.18. The van der Waals surface area contributed by atoms with E-state index in [0.29, 0.717) is 18.2 Å². The van der Waals surface area contributed by atoms with Crippen molar-refractivity contribution in [1.29, 1.82) is 0 Å². The molecule has 1 aromatic rings. The lowest BCUT2D eigenvalue weighted by molar-refractivity contribution is 0.0850. The van der Waals surface area contributed by atoms with Crippen molar-refractivity contribution < 1.29 is 9.90 Å². The average Bonchev–Trinajstić information content (AvgIpc) is 2.65. The maximum Gasteiger partial charge on any atom is 0.251 e. The number of benzene rings is 1. The van der Waals surface area contributed by atoms with Gasteiger partial charge in [0.2, 0.25) is 0 Å². The van der Waals surface area contributed by atoms with E-state index >= 15 is 0 Å². The van der Waals surface area contributed by atoms with Crippen LogP contribution < -0.4 is 10.2 Å². The van der Waals surface area contributed by atoms with Crippen LogP contribution in [0, 0.1) is 5.92 Å². The monoisotopic (exact) mass is 347 g/mol. The zero-order chi connectivity index (χ0) is 18.4. The molecule has 1 aromatic carbocycles. The zero-order valence-electron chi connectivity index (χ0n) is 16.0. The first-order valence-electron chi connectivity index (χ1n) is 9.47. The first-order chi connectivity index (χ1) is 11.9. The van der Waals surface area contributed by atoms with E-state index in [1.807, 2.05) is 38.1 Å². The summed E-state index contributed by atoms with van der Waals surface area (Å²) in [6.45, 7) is 13.0. The molecule has 1 aliphatic heterocycles. The fourth-order valence-electron chi connectivity index (χ4n) is 3.09. The Labute approximate surface area is 152 Å². The molecular weight excluding hydrogens is 314 g/mol. The Morgan fingerprint density at radius 2 is 1.72 bits per heavy atom. The van der Waals surface area contributed by atoms with Crippen LogP contribution in [0.25, 0.3) is 0 Å². The van der Waals surface area contributed by atoms with Crippen LogP contribution in [0.3, 0.4) is 0 Å². The minimum Gasteiger partial charge on any atom is -0.391 e. The number of carbonyl (C=O) groups is 1. The molecule has 0 radical (unpaired) electrons. The average molecular weight is 348 g/mol. The summed E-state index contributed by atoms with van der Waals surface area (Å²) in [6.07, 6.45) is 0.404. The van der Waals surface area contributed by atoms with Crippen molar-refractivity contribution in [3.8, 4) is 0 Å². The Hall–Kier alpha value is -1.59. The van der Waals surface area contributed by atoms with Crippen LogP contribution in [0.15, 0.2) is 24.3 Å². The molecule has 2 unspecified atom stereocenters. The predicted octanol–water partition coefficient (Wildman–Crippen LogP) is 2.35. The van der Waals surface area contributed by atoms with Gasteiger partial charge in [-0.25, -0.2) is 0 Å². The van der Waals surface area contributed by atoms with Crippen molar-refractivity contribution in [3.05, 3.63) is 29.8 Å². The van der Waals surface area contributed by atoms with Gasteiger partial charge in [0.05, 0.1) is 6.10 Å². The number of piperazine rings is 1. The molecule has 2 atom stereocenters. The van der Waals surface area contributed by atoms with Crippen LogP contribution >= 0.6 is 0 Å². The van der Waals surface area contributed by atoms with E-state index < -0.39 is 6.10 Å². The van der Waals surface area contributed by atoms with Crippen LogP contribution in [0.5, 0.6) is 0 Å². The highest BCUT2D eigenvalue weighted by Gasteiger charge is 2.19. The van der Waals surface area contributed by atoms with Gasteiger partial charge in [0.25, 0.3) is 5.91 Å². The van der Waals surface area contributed by atoms with Crippen molar-refractivity contribution in [2.24, 2.45) is 5.92 Å². The normalized spacial score (nSPS) is 18.2. The van der Waals surface area contributed by atoms with Crippen LogP contribution in [-0.2, 0) is 0 Å². The number of nitrogens with zero attached hydrogens (tertiary/aromatic N) is 2. The molecule has 25 heavy (non-hydrogen) atoms. The summed E-state index contributed by atoms with van der Waals surface area (Å²) in [5.74, 6) is 0.0608. The molecule has 1 aliphatic rings. The number of hydrogen-bond donors (Lipinski definition) is 2. The summed E-state index contributed by atoms with van der Waals surface area (Å²) in [7, 11) is 0. The van der Waals surface area contributed by atoms with Gasteiger partial charge in [-0.2, -0.15) is 0 Å². The number of nitrogens with one attached hydrogen (secondary N) is 1. The summed E-state index contributed by atoms with van der Waals surface area (Å²) in [4.78, 5) is 17.1. The van der Waals surface area contributed by atoms with E-state index in [-0.39, 0.29) is 11.8 Å². The lowest BCUT2D eigenvalue weighted by atomic mass is 10.0. The molecule has 1 amide bonds. The molecule has 140 valence electrons. The van der Waals surface area contributed by atoms with Gasteiger partial charge in [-0.1, -0.05) is 20.3 Å². The minimum absolute atomic E-state index is 0.126. The number of anilines is 1. The Bertz CT molecular complexity index is 536. The summed E-state index contributed by atoms with van der Waals surface area (Å²) in [6, 6.07) is 8.37. The molecule has 0 aromatic heterocycles. The van der Waals surface area contributed by atoms with Gasteiger partial charge in [-0.15, -0.1) is 0 Å². The van der Waals surface area contributed by atoms with E-state index in [2.05, 4.69) is 29.0 Å². The molecule has 1 fully saturated rings. The molecular formula is C20H33N3O2. The highest BCUT2D eigenvalue weighted by atomic mass is 16.3. The van der Waals surface area contributed by atoms with Crippen molar-refractivity contribution in [2.45, 2.75) is 46.3 Å². The Kier molecular flexibility index (Phi) is 7.26. The molecule has 0 saturated carbocycles. The van der Waals surface area contributed by atoms with Crippen molar-refractivity contribution >= 4 is 11.6 Å². The molecule has 2 N–H and O–H groups in total. The largest absolute Gasteiger partial charge is 0.391 e. The molecule has 1 saturated heterocycles. The summed E-state index contributed by atoms with van der Waals surface area (Å²) in [5.41, 5.74) is 1.81. The fraction of sp³-hybridized carbons (Fsp3) is 0.650. The zero-order valence-corrected chi connectivity index (χ0v) is 16.0. The molecule has 0 spiro atoms. The van der Waals surface area contributed by atoms with E-state index in [1.165, 1.54) is 5.69 Å². The predicted molar refractivity (Wildman–Crippen MR) is 103 cm³/mol. The van der Waals surface area contributed by atoms with E-state index in [9.17, 15) is 9.90 Å². The van der Waals surface area contributed by atoms with Gasteiger partial charge in [0.15, 0.2) is 0 Å². The first-order valence-corrected chi connectivity index (χ1v) is 9.47. The first kappa shape index (κ1) is 19.7. The number of carbonyl (C=O) groups excluding carboxylic acids is 1. The number of rotatable bonds is 7. The minimum atomic E-state index is -0.495. The Morgan fingerprint density at radius 3 is 2.24 bits per heavy atom. The summed E-state index contributed by atoms with van der Waals surface area (Å²) < 4.78 is 0. The Balaban J connectivity index is 1.86. The third-order valence-electron chi connectivity index (χ3n) is 5.31.